The van der Waals surface area contributed by atoms with Gasteiger partial charge in [-0.15, -0.1) is 0 Å². The van der Waals surface area contributed by atoms with E-state index in [-0.39, 0.29) is 5.69 Å². The van der Waals surface area contributed by atoms with E-state index in [1.54, 1.807) is 31.2 Å². The minimum absolute atomic E-state index is 0.342. The van der Waals surface area contributed by atoms with Gasteiger partial charge in [-0.3, -0.25) is 14.4 Å². The number of nitrogens with zero attached hydrogens (tertiary/aromatic N) is 2. The highest BCUT2D eigenvalue weighted by molar-refractivity contribution is 5.93. The lowest BCUT2D eigenvalue weighted by Crippen LogP contribution is -2.34. The van der Waals surface area contributed by atoms with Crippen molar-refractivity contribution in [3.8, 4) is 5.69 Å². The van der Waals surface area contributed by atoms with Gasteiger partial charge < -0.3 is 10.4 Å². The zero-order valence-corrected chi connectivity index (χ0v) is 11.2. The molecule has 0 unspecified atom stereocenters. The van der Waals surface area contributed by atoms with Crippen molar-refractivity contribution in [1.29, 1.82) is 0 Å². The maximum absolute atomic E-state index is 11.8. The van der Waals surface area contributed by atoms with E-state index < -0.39 is 23.9 Å². The minimum atomic E-state index is -1.20. The first kappa shape index (κ1) is 14.4. The van der Waals surface area contributed by atoms with E-state index in [2.05, 4.69) is 10.4 Å². The number of aliphatic carboxylic acids is 1. The lowest BCUT2D eigenvalue weighted by Gasteiger charge is -2.10. The van der Waals surface area contributed by atoms with Crippen LogP contribution in [-0.2, 0) is 4.79 Å². The summed E-state index contributed by atoms with van der Waals surface area (Å²) >= 11 is 0. The summed E-state index contributed by atoms with van der Waals surface area (Å²) in [6, 6.07) is 10.3. The molecule has 2 rings (SSSR count). The highest BCUT2D eigenvalue weighted by Gasteiger charge is 2.15. The van der Waals surface area contributed by atoms with Gasteiger partial charge >= 0.3 is 5.97 Å². The highest BCUT2D eigenvalue weighted by Crippen LogP contribution is 2.07. The number of carbonyl (C=O) groups is 2. The van der Waals surface area contributed by atoms with E-state index in [0.717, 1.165) is 0 Å². The second kappa shape index (κ2) is 6.00. The van der Waals surface area contributed by atoms with Crippen molar-refractivity contribution in [1.82, 2.24) is 15.1 Å². The number of carboxylic acids is 1. The van der Waals surface area contributed by atoms with Crippen molar-refractivity contribution in [2.24, 2.45) is 0 Å². The predicted octanol–water partition coefficient (Wildman–Crippen LogP) is 0.355. The van der Waals surface area contributed by atoms with Crippen molar-refractivity contribution in [3.63, 3.8) is 0 Å². The number of aromatic nitrogens is 2. The van der Waals surface area contributed by atoms with Gasteiger partial charge in [0, 0.05) is 11.8 Å². The van der Waals surface area contributed by atoms with E-state index in [9.17, 15) is 14.4 Å². The number of rotatable bonds is 4. The molecule has 0 fully saturated rings. The fraction of sp³-hybridized carbons (Fsp3) is 0.143. The van der Waals surface area contributed by atoms with Crippen LogP contribution >= 0.6 is 0 Å². The molecule has 7 heteroatoms. The number of benzene rings is 1. The van der Waals surface area contributed by atoms with Crippen molar-refractivity contribution in [2.75, 3.05) is 6.54 Å². The summed E-state index contributed by atoms with van der Waals surface area (Å²) < 4.78 is 1.46. The lowest BCUT2D eigenvalue weighted by atomic mass is 10.2. The Balaban J connectivity index is 2.42. The molecule has 1 heterocycles. The third-order valence-electron chi connectivity index (χ3n) is 2.72. The van der Waals surface area contributed by atoms with Gasteiger partial charge in [-0.05, 0) is 19.1 Å². The normalized spacial score (nSPS) is 10.1. The molecule has 0 bridgehead atoms. The minimum Gasteiger partial charge on any atom is -0.480 e. The Labute approximate surface area is 119 Å². The van der Waals surface area contributed by atoms with Gasteiger partial charge in [0.2, 0.25) is 5.43 Å². The van der Waals surface area contributed by atoms with E-state index >= 15 is 0 Å². The standard InChI is InChI=1S/C14H13N3O4/c1-9-7-11(18)13(14(21)15-8-12(19)20)16-17(9)10-5-3-2-4-6-10/h2-7H,8H2,1H3,(H,15,21)(H,19,20). The third kappa shape index (κ3) is 3.33. The number of carbonyl (C=O) groups excluding carboxylic acids is 1. The summed E-state index contributed by atoms with van der Waals surface area (Å²) in [6.07, 6.45) is 0. The van der Waals surface area contributed by atoms with Crippen LogP contribution in [0, 0.1) is 6.92 Å². The number of nitrogens with one attached hydrogen (secondary N) is 1. The van der Waals surface area contributed by atoms with Crippen LogP contribution < -0.4 is 10.7 Å². The monoisotopic (exact) mass is 287 g/mol. The molecule has 1 aromatic heterocycles. The van der Waals surface area contributed by atoms with E-state index in [1.807, 2.05) is 6.07 Å². The molecule has 0 atom stereocenters. The summed E-state index contributed by atoms with van der Waals surface area (Å²) in [5.41, 5.74) is 0.372. The van der Waals surface area contributed by atoms with Crippen molar-refractivity contribution < 1.29 is 14.7 Å². The molecule has 0 spiro atoms. The summed E-state index contributed by atoms with van der Waals surface area (Å²) in [6.45, 7) is 1.12. The summed E-state index contributed by atoms with van der Waals surface area (Å²) in [5.74, 6) is -2.01. The summed E-state index contributed by atoms with van der Waals surface area (Å²) in [5, 5.41) is 14.7. The number of para-hydroxylation sites is 1. The average Bonchev–Trinajstić information content (AvgIpc) is 2.46. The van der Waals surface area contributed by atoms with Crippen LogP contribution in [0.3, 0.4) is 0 Å². The number of carboxylic acid groups (broad SMARTS) is 1. The van der Waals surface area contributed by atoms with Crippen LogP contribution in [0.25, 0.3) is 5.69 Å². The quantitative estimate of drug-likeness (QED) is 0.845. The molecule has 2 N–H and O–H groups in total. The first-order chi connectivity index (χ1) is 9.99. The molecule has 2 aromatic rings. The van der Waals surface area contributed by atoms with Crippen molar-refractivity contribution >= 4 is 11.9 Å². The molecule has 7 nitrogen and oxygen atoms in total. The maximum atomic E-state index is 11.8. The van der Waals surface area contributed by atoms with Crippen LogP contribution in [-0.4, -0.2) is 33.3 Å². The van der Waals surface area contributed by atoms with Crippen LogP contribution in [0.4, 0.5) is 0 Å². The van der Waals surface area contributed by atoms with Crippen molar-refractivity contribution in [3.05, 3.63) is 58.0 Å². The second-order valence-electron chi connectivity index (χ2n) is 4.32. The topological polar surface area (TPSA) is 101 Å². The Morgan fingerprint density at radius 3 is 2.57 bits per heavy atom. The second-order valence-corrected chi connectivity index (χ2v) is 4.32. The first-order valence-corrected chi connectivity index (χ1v) is 6.15. The number of hydrogen-bond donors (Lipinski definition) is 2. The number of amides is 1. The molecular formula is C14H13N3O4. The summed E-state index contributed by atoms with van der Waals surface area (Å²) in [7, 11) is 0. The highest BCUT2D eigenvalue weighted by atomic mass is 16.4. The fourth-order valence-electron chi connectivity index (χ4n) is 1.77. The Morgan fingerprint density at radius 2 is 1.95 bits per heavy atom. The van der Waals surface area contributed by atoms with E-state index in [4.69, 9.17) is 5.11 Å². The van der Waals surface area contributed by atoms with Gasteiger partial charge in [-0.1, -0.05) is 18.2 Å². The molecule has 0 aliphatic heterocycles. The molecule has 108 valence electrons. The maximum Gasteiger partial charge on any atom is 0.322 e. The lowest BCUT2D eigenvalue weighted by molar-refractivity contribution is -0.135. The molecule has 0 saturated heterocycles. The largest absolute Gasteiger partial charge is 0.480 e. The molecule has 0 radical (unpaired) electrons. The Kier molecular flexibility index (Phi) is 4.13. The average molecular weight is 287 g/mol. The van der Waals surface area contributed by atoms with Gasteiger partial charge in [0.1, 0.15) is 6.54 Å². The zero-order valence-electron chi connectivity index (χ0n) is 11.2. The third-order valence-corrected chi connectivity index (χ3v) is 2.72. The van der Waals surface area contributed by atoms with Crippen LogP contribution in [0.5, 0.6) is 0 Å². The summed E-state index contributed by atoms with van der Waals surface area (Å²) in [4.78, 5) is 34.1. The molecule has 21 heavy (non-hydrogen) atoms. The molecular weight excluding hydrogens is 274 g/mol. The van der Waals surface area contributed by atoms with Gasteiger partial charge in [0.05, 0.1) is 5.69 Å². The van der Waals surface area contributed by atoms with Crippen LogP contribution in [0.15, 0.2) is 41.2 Å². The predicted molar refractivity (Wildman–Crippen MR) is 74.5 cm³/mol. The smallest absolute Gasteiger partial charge is 0.322 e. The van der Waals surface area contributed by atoms with Gasteiger partial charge in [0.15, 0.2) is 5.69 Å². The van der Waals surface area contributed by atoms with Gasteiger partial charge in [0.25, 0.3) is 5.91 Å². The zero-order chi connectivity index (χ0) is 15.4. The van der Waals surface area contributed by atoms with Gasteiger partial charge in [-0.2, -0.15) is 5.10 Å². The molecule has 0 saturated carbocycles. The molecule has 1 amide bonds. The molecule has 0 aliphatic carbocycles. The molecule has 0 aliphatic rings. The fourth-order valence-corrected chi connectivity index (χ4v) is 1.77. The van der Waals surface area contributed by atoms with Crippen molar-refractivity contribution in [2.45, 2.75) is 6.92 Å². The Bertz CT molecular complexity index is 738. The molecule has 1 aromatic carbocycles. The Morgan fingerprint density at radius 1 is 1.29 bits per heavy atom. The van der Waals surface area contributed by atoms with E-state index in [0.29, 0.717) is 11.4 Å². The van der Waals surface area contributed by atoms with Crippen LogP contribution in [0.2, 0.25) is 0 Å². The number of aryl methyl sites for hydroxylation is 1. The Hall–Kier alpha value is -2.96. The van der Waals surface area contributed by atoms with Gasteiger partial charge in [-0.25, -0.2) is 4.68 Å². The SMILES string of the molecule is Cc1cc(=O)c(C(=O)NCC(=O)O)nn1-c1ccccc1. The van der Waals surface area contributed by atoms with E-state index in [1.165, 1.54) is 10.7 Å². The number of hydrogen-bond acceptors (Lipinski definition) is 4. The van der Waals surface area contributed by atoms with Crippen LogP contribution in [0.1, 0.15) is 16.2 Å². The first-order valence-electron chi connectivity index (χ1n) is 6.15.